The van der Waals surface area contributed by atoms with Crippen LogP contribution in [0.3, 0.4) is 0 Å². The molecule has 0 radical (unpaired) electrons. The highest BCUT2D eigenvalue weighted by Gasteiger charge is 2.31. The van der Waals surface area contributed by atoms with Crippen molar-refractivity contribution in [2.75, 3.05) is 6.54 Å². The summed E-state index contributed by atoms with van der Waals surface area (Å²) in [4.78, 5) is 14.8. The normalized spacial score (nSPS) is 12.9. The van der Waals surface area contributed by atoms with Gasteiger partial charge in [-0.05, 0) is 31.0 Å². The molecule has 1 aromatic heterocycles. The third kappa shape index (κ3) is 4.35. The molecular formula is C10H16Cl2N2O2. The molecular weight excluding hydrogens is 251 g/mol. The predicted molar refractivity (Wildman–Crippen MR) is 67.2 cm³/mol. The first-order valence-electron chi connectivity index (χ1n) is 4.41. The molecule has 1 rings (SSSR count). The Hall–Kier alpha value is -0.840. The second-order valence-electron chi connectivity index (χ2n) is 3.60. The highest BCUT2D eigenvalue weighted by Crippen LogP contribution is 2.20. The quantitative estimate of drug-likeness (QED) is 0.867. The summed E-state index contributed by atoms with van der Waals surface area (Å²) < 4.78 is 0. The van der Waals surface area contributed by atoms with E-state index < -0.39 is 11.4 Å². The molecule has 0 aliphatic heterocycles. The van der Waals surface area contributed by atoms with Crippen molar-refractivity contribution in [3.05, 3.63) is 30.1 Å². The van der Waals surface area contributed by atoms with Gasteiger partial charge in [-0.3, -0.25) is 9.78 Å². The van der Waals surface area contributed by atoms with Crippen molar-refractivity contribution in [3.8, 4) is 0 Å². The fourth-order valence-electron chi connectivity index (χ4n) is 1.19. The van der Waals surface area contributed by atoms with Gasteiger partial charge in [-0.25, -0.2) is 0 Å². The molecule has 0 saturated carbocycles. The molecule has 0 amide bonds. The summed E-state index contributed by atoms with van der Waals surface area (Å²) in [7, 11) is 0. The number of aliphatic carboxylic acids is 1. The van der Waals surface area contributed by atoms with Crippen LogP contribution in [0.4, 0.5) is 0 Å². The molecule has 0 aromatic carbocycles. The van der Waals surface area contributed by atoms with Crippen LogP contribution >= 0.6 is 24.8 Å². The van der Waals surface area contributed by atoms with E-state index in [1.165, 1.54) is 0 Å². The second kappa shape index (κ2) is 7.44. The lowest BCUT2D eigenvalue weighted by molar-refractivity contribution is -0.147. The van der Waals surface area contributed by atoms with Crippen molar-refractivity contribution in [2.24, 2.45) is 11.1 Å². The molecule has 0 bridgehead atoms. The van der Waals surface area contributed by atoms with E-state index in [0.29, 0.717) is 6.42 Å². The van der Waals surface area contributed by atoms with Gasteiger partial charge >= 0.3 is 5.97 Å². The summed E-state index contributed by atoms with van der Waals surface area (Å²) in [6, 6.07) is 3.60. The molecule has 0 aliphatic rings. The smallest absolute Gasteiger partial charge is 0.310 e. The molecule has 0 aliphatic carbocycles. The van der Waals surface area contributed by atoms with Crippen LogP contribution in [-0.4, -0.2) is 22.6 Å². The van der Waals surface area contributed by atoms with Gasteiger partial charge in [-0.15, -0.1) is 24.8 Å². The van der Waals surface area contributed by atoms with Gasteiger partial charge in [0.15, 0.2) is 0 Å². The van der Waals surface area contributed by atoms with E-state index in [4.69, 9.17) is 10.8 Å². The van der Waals surface area contributed by atoms with Crippen LogP contribution in [-0.2, 0) is 11.2 Å². The number of hydrogen-bond donors (Lipinski definition) is 2. The van der Waals surface area contributed by atoms with Crippen LogP contribution in [0.2, 0.25) is 0 Å². The highest BCUT2D eigenvalue weighted by molar-refractivity contribution is 5.85. The first-order chi connectivity index (χ1) is 6.58. The zero-order valence-electron chi connectivity index (χ0n) is 8.92. The van der Waals surface area contributed by atoms with Crippen LogP contribution in [0, 0.1) is 5.41 Å². The monoisotopic (exact) mass is 266 g/mol. The Morgan fingerprint density at radius 3 is 2.31 bits per heavy atom. The third-order valence-electron chi connectivity index (χ3n) is 2.31. The largest absolute Gasteiger partial charge is 0.481 e. The average molecular weight is 267 g/mol. The maximum atomic E-state index is 11.0. The number of rotatable bonds is 4. The number of halogens is 2. The SMILES string of the molecule is CC(CN)(Cc1ccncc1)C(=O)O.Cl.Cl. The van der Waals surface area contributed by atoms with Crippen molar-refractivity contribution in [3.63, 3.8) is 0 Å². The number of hydrogen-bond acceptors (Lipinski definition) is 3. The number of aromatic nitrogens is 1. The molecule has 1 atom stereocenters. The molecule has 3 N–H and O–H groups in total. The lowest BCUT2D eigenvalue weighted by Gasteiger charge is -2.22. The number of nitrogens with two attached hydrogens (primary N) is 1. The lowest BCUT2D eigenvalue weighted by atomic mass is 9.84. The minimum atomic E-state index is -0.888. The lowest BCUT2D eigenvalue weighted by Crippen LogP contribution is -2.37. The van der Waals surface area contributed by atoms with E-state index >= 15 is 0 Å². The first kappa shape index (κ1) is 17.6. The highest BCUT2D eigenvalue weighted by atomic mass is 35.5. The summed E-state index contributed by atoms with van der Waals surface area (Å²) in [5.41, 5.74) is 5.51. The standard InChI is InChI=1S/C10H14N2O2.2ClH/c1-10(7-11,9(13)14)6-8-2-4-12-5-3-8;;/h2-5H,6-7,11H2,1H3,(H,13,14);2*1H. The van der Waals surface area contributed by atoms with Crippen LogP contribution in [0.25, 0.3) is 0 Å². The number of carboxylic acids is 1. The molecule has 0 fully saturated rings. The van der Waals surface area contributed by atoms with E-state index in [0.717, 1.165) is 5.56 Å². The minimum Gasteiger partial charge on any atom is -0.481 e. The maximum absolute atomic E-state index is 11.0. The van der Waals surface area contributed by atoms with Gasteiger partial charge in [0.2, 0.25) is 0 Å². The summed E-state index contributed by atoms with van der Waals surface area (Å²) in [5.74, 6) is -0.864. The Bertz CT molecular complexity index is 322. The van der Waals surface area contributed by atoms with Gasteiger partial charge in [0, 0.05) is 18.9 Å². The average Bonchev–Trinajstić information content (AvgIpc) is 2.19. The summed E-state index contributed by atoms with van der Waals surface area (Å²) in [6.45, 7) is 1.78. The van der Waals surface area contributed by atoms with E-state index in [9.17, 15) is 4.79 Å². The molecule has 16 heavy (non-hydrogen) atoms. The fraction of sp³-hybridized carbons (Fsp3) is 0.400. The third-order valence-corrected chi connectivity index (χ3v) is 2.31. The Kier molecular flexibility index (Phi) is 8.16. The molecule has 1 aromatic rings. The Morgan fingerprint density at radius 1 is 1.44 bits per heavy atom. The summed E-state index contributed by atoms with van der Waals surface area (Å²) in [5, 5.41) is 9.00. The van der Waals surface area contributed by atoms with Crippen molar-refractivity contribution in [2.45, 2.75) is 13.3 Å². The number of nitrogens with zero attached hydrogens (tertiary/aromatic N) is 1. The molecule has 92 valence electrons. The predicted octanol–water partition coefficient (Wildman–Crippen LogP) is 1.52. The van der Waals surface area contributed by atoms with Gasteiger partial charge in [-0.2, -0.15) is 0 Å². The topological polar surface area (TPSA) is 76.2 Å². The molecule has 1 heterocycles. The van der Waals surface area contributed by atoms with Gasteiger partial charge in [0.05, 0.1) is 5.41 Å². The maximum Gasteiger partial charge on any atom is 0.310 e. The van der Waals surface area contributed by atoms with E-state index in [2.05, 4.69) is 4.98 Å². The first-order valence-corrected chi connectivity index (χ1v) is 4.41. The van der Waals surface area contributed by atoms with Gasteiger partial charge in [-0.1, -0.05) is 0 Å². The molecule has 0 saturated heterocycles. The van der Waals surface area contributed by atoms with Gasteiger partial charge in [0.1, 0.15) is 0 Å². The van der Waals surface area contributed by atoms with Crippen molar-refractivity contribution in [1.29, 1.82) is 0 Å². The van der Waals surface area contributed by atoms with Crippen LogP contribution < -0.4 is 5.73 Å². The van der Waals surface area contributed by atoms with Crippen molar-refractivity contribution < 1.29 is 9.90 Å². The van der Waals surface area contributed by atoms with E-state index in [-0.39, 0.29) is 31.4 Å². The van der Waals surface area contributed by atoms with Gasteiger partial charge < -0.3 is 10.8 Å². The number of pyridine rings is 1. The zero-order valence-corrected chi connectivity index (χ0v) is 10.6. The summed E-state index contributed by atoms with van der Waals surface area (Å²) in [6.07, 6.45) is 3.73. The van der Waals surface area contributed by atoms with E-state index in [1.807, 2.05) is 0 Å². The number of carbonyl (C=O) groups is 1. The molecule has 4 nitrogen and oxygen atoms in total. The Morgan fingerprint density at radius 2 is 1.94 bits per heavy atom. The van der Waals surface area contributed by atoms with Crippen molar-refractivity contribution in [1.82, 2.24) is 4.98 Å². The number of carboxylic acid groups (broad SMARTS) is 1. The molecule has 0 spiro atoms. The Balaban J connectivity index is 0. The van der Waals surface area contributed by atoms with E-state index in [1.54, 1.807) is 31.5 Å². The van der Waals surface area contributed by atoms with Crippen LogP contribution in [0.1, 0.15) is 12.5 Å². The fourth-order valence-corrected chi connectivity index (χ4v) is 1.19. The summed E-state index contributed by atoms with van der Waals surface area (Å²) >= 11 is 0. The Labute approximate surface area is 107 Å². The van der Waals surface area contributed by atoms with Crippen LogP contribution in [0.5, 0.6) is 0 Å². The van der Waals surface area contributed by atoms with Gasteiger partial charge in [0.25, 0.3) is 0 Å². The zero-order chi connectivity index (χ0) is 10.6. The van der Waals surface area contributed by atoms with Crippen LogP contribution in [0.15, 0.2) is 24.5 Å². The minimum absolute atomic E-state index is 0. The second-order valence-corrected chi connectivity index (χ2v) is 3.60. The van der Waals surface area contributed by atoms with Crippen molar-refractivity contribution >= 4 is 30.8 Å². The molecule has 1 unspecified atom stereocenters. The molecule has 6 heteroatoms.